The van der Waals surface area contributed by atoms with E-state index in [1.165, 1.54) is 6.92 Å². The van der Waals surface area contributed by atoms with Crippen LogP contribution in [0.1, 0.15) is 51.0 Å². The first-order valence-corrected chi connectivity index (χ1v) is 7.27. The van der Waals surface area contributed by atoms with E-state index < -0.39 is 23.5 Å². The minimum Gasteiger partial charge on any atom is -0.427 e. The Morgan fingerprint density at radius 3 is 2.22 bits per heavy atom. The van der Waals surface area contributed by atoms with Crippen LogP contribution in [0.15, 0.2) is 18.2 Å². The summed E-state index contributed by atoms with van der Waals surface area (Å²) in [6.45, 7) is 1.51. The molecule has 1 rings (SSSR count). The zero-order chi connectivity index (χ0) is 17.5. The number of esters is 1. The molecular weight excluding hydrogens is 316 g/mol. The van der Waals surface area contributed by atoms with Crippen molar-refractivity contribution < 1.29 is 31.9 Å². The average molecular weight is 334 g/mol. The van der Waals surface area contributed by atoms with Gasteiger partial charge in [0.1, 0.15) is 17.3 Å². The summed E-state index contributed by atoms with van der Waals surface area (Å²) in [4.78, 5) is 22.3. The summed E-state index contributed by atoms with van der Waals surface area (Å²) in [6.07, 6.45) is -1.51. The van der Waals surface area contributed by atoms with Crippen molar-refractivity contribution in [3.63, 3.8) is 0 Å². The van der Waals surface area contributed by atoms with E-state index in [1.54, 1.807) is 0 Å². The second-order valence-electron chi connectivity index (χ2n) is 5.23. The summed E-state index contributed by atoms with van der Waals surface area (Å²) in [7, 11) is 0. The number of rotatable bonds is 8. The monoisotopic (exact) mass is 334 g/mol. The third-order valence-corrected chi connectivity index (χ3v) is 3.13. The lowest BCUT2D eigenvalue weighted by atomic mass is 10.1. The maximum atomic E-state index is 13.1. The van der Waals surface area contributed by atoms with Crippen molar-refractivity contribution in [3.05, 3.63) is 29.6 Å². The van der Waals surface area contributed by atoms with Crippen LogP contribution in [0.25, 0.3) is 0 Å². The van der Waals surface area contributed by atoms with Crippen molar-refractivity contribution in [2.75, 3.05) is 0 Å². The van der Waals surface area contributed by atoms with E-state index >= 15 is 0 Å². The molecule has 1 aromatic carbocycles. The lowest BCUT2D eigenvalue weighted by Gasteiger charge is -2.10. The molecule has 0 aromatic heterocycles. The van der Waals surface area contributed by atoms with Crippen LogP contribution < -0.4 is 4.74 Å². The van der Waals surface area contributed by atoms with Crippen LogP contribution in [0, 0.1) is 5.82 Å². The highest BCUT2D eigenvalue weighted by Gasteiger charge is 2.34. The van der Waals surface area contributed by atoms with Gasteiger partial charge in [0, 0.05) is 12.8 Å². The fraction of sp³-hybridized carbons (Fsp3) is 0.500. The van der Waals surface area contributed by atoms with Crippen LogP contribution in [0.2, 0.25) is 0 Å². The SMILES string of the molecule is CC(=O)CCCCCCC(=O)Oc1ccc(F)c(C(F)(F)F)c1. The van der Waals surface area contributed by atoms with Gasteiger partial charge in [-0.3, -0.25) is 4.79 Å². The summed E-state index contributed by atoms with van der Waals surface area (Å²) in [5.41, 5.74) is -1.47. The third kappa shape index (κ3) is 7.25. The zero-order valence-corrected chi connectivity index (χ0v) is 12.7. The van der Waals surface area contributed by atoms with E-state index in [2.05, 4.69) is 0 Å². The van der Waals surface area contributed by atoms with E-state index in [0.29, 0.717) is 25.0 Å². The first-order chi connectivity index (χ1) is 10.7. The Kier molecular flexibility index (Phi) is 7.19. The molecule has 0 amide bonds. The Balaban J connectivity index is 2.41. The van der Waals surface area contributed by atoms with Crippen LogP contribution in [0.4, 0.5) is 17.6 Å². The molecule has 0 atom stereocenters. The summed E-state index contributed by atoms with van der Waals surface area (Å²) in [6, 6.07) is 2.07. The van der Waals surface area contributed by atoms with Crippen molar-refractivity contribution in [1.82, 2.24) is 0 Å². The number of carbonyl (C=O) groups is 2. The molecule has 23 heavy (non-hydrogen) atoms. The highest BCUT2D eigenvalue weighted by atomic mass is 19.4. The average Bonchev–Trinajstić information content (AvgIpc) is 2.43. The molecule has 0 saturated carbocycles. The summed E-state index contributed by atoms with van der Waals surface area (Å²) < 4.78 is 55.5. The van der Waals surface area contributed by atoms with Gasteiger partial charge in [0.15, 0.2) is 0 Å². The van der Waals surface area contributed by atoms with Crippen molar-refractivity contribution in [3.8, 4) is 5.75 Å². The Labute approximate surface area is 131 Å². The van der Waals surface area contributed by atoms with E-state index in [9.17, 15) is 27.2 Å². The van der Waals surface area contributed by atoms with Gasteiger partial charge in [-0.05, 0) is 38.0 Å². The Bertz CT molecular complexity index is 553. The predicted molar refractivity (Wildman–Crippen MR) is 75.4 cm³/mol. The lowest BCUT2D eigenvalue weighted by molar-refractivity contribution is -0.141. The summed E-state index contributed by atoms with van der Waals surface area (Å²) in [5, 5.41) is 0. The van der Waals surface area contributed by atoms with Crippen LogP contribution in [0.3, 0.4) is 0 Å². The molecule has 3 nitrogen and oxygen atoms in total. The van der Waals surface area contributed by atoms with Gasteiger partial charge in [-0.15, -0.1) is 0 Å². The molecule has 1 aromatic rings. The van der Waals surface area contributed by atoms with E-state index in [0.717, 1.165) is 25.3 Å². The van der Waals surface area contributed by atoms with Crippen LogP contribution >= 0.6 is 0 Å². The van der Waals surface area contributed by atoms with E-state index in [1.807, 2.05) is 0 Å². The number of unbranched alkanes of at least 4 members (excludes halogenated alkanes) is 3. The first-order valence-electron chi connectivity index (χ1n) is 7.27. The normalized spacial score (nSPS) is 11.3. The minimum atomic E-state index is -4.84. The van der Waals surface area contributed by atoms with Crippen molar-refractivity contribution in [2.45, 2.75) is 51.6 Å². The van der Waals surface area contributed by atoms with Crippen molar-refractivity contribution in [2.24, 2.45) is 0 Å². The highest BCUT2D eigenvalue weighted by Crippen LogP contribution is 2.33. The molecule has 0 aliphatic heterocycles. The van der Waals surface area contributed by atoms with Gasteiger partial charge in [0.05, 0.1) is 5.56 Å². The molecule has 0 radical (unpaired) electrons. The van der Waals surface area contributed by atoms with Crippen LogP contribution in [0.5, 0.6) is 5.75 Å². The topological polar surface area (TPSA) is 43.4 Å². The first kappa shape index (κ1) is 19.1. The lowest BCUT2D eigenvalue weighted by Crippen LogP contribution is -2.11. The number of hydrogen-bond donors (Lipinski definition) is 0. The zero-order valence-electron chi connectivity index (χ0n) is 12.7. The number of alkyl halides is 3. The van der Waals surface area contributed by atoms with Crippen LogP contribution in [-0.2, 0) is 15.8 Å². The molecule has 0 aliphatic carbocycles. The maximum Gasteiger partial charge on any atom is 0.419 e. The number of ether oxygens (including phenoxy) is 1. The molecule has 0 bridgehead atoms. The molecule has 0 spiro atoms. The second kappa shape index (κ2) is 8.64. The fourth-order valence-corrected chi connectivity index (χ4v) is 1.96. The van der Waals surface area contributed by atoms with Gasteiger partial charge in [-0.1, -0.05) is 12.8 Å². The van der Waals surface area contributed by atoms with Gasteiger partial charge in [0.25, 0.3) is 0 Å². The van der Waals surface area contributed by atoms with Crippen molar-refractivity contribution >= 4 is 11.8 Å². The number of benzene rings is 1. The van der Waals surface area contributed by atoms with E-state index in [4.69, 9.17) is 4.74 Å². The molecular formula is C16H18F4O3. The maximum absolute atomic E-state index is 13.1. The number of ketones is 1. The molecule has 7 heteroatoms. The van der Waals surface area contributed by atoms with Crippen LogP contribution in [-0.4, -0.2) is 11.8 Å². The fourth-order valence-electron chi connectivity index (χ4n) is 1.96. The van der Waals surface area contributed by atoms with Gasteiger partial charge in [0.2, 0.25) is 0 Å². The summed E-state index contributed by atoms with van der Waals surface area (Å²) >= 11 is 0. The third-order valence-electron chi connectivity index (χ3n) is 3.13. The smallest absolute Gasteiger partial charge is 0.419 e. The molecule has 0 heterocycles. The quantitative estimate of drug-likeness (QED) is 0.300. The Morgan fingerprint density at radius 2 is 1.65 bits per heavy atom. The largest absolute Gasteiger partial charge is 0.427 e. The van der Waals surface area contributed by atoms with Gasteiger partial charge in [-0.2, -0.15) is 13.2 Å². The molecule has 0 aliphatic rings. The second-order valence-corrected chi connectivity index (χ2v) is 5.23. The Hall–Kier alpha value is -1.92. The predicted octanol–water partition coefficient (Wildman–Crippen LogP) is 4.68. The number of carbonyl (C=O) groups excluding carboxylic acids is 2. The van der Waals surface area contributed by atoms with Crippen molar-refractivity contribution in [1.29, 1.82) is 0 Å². The standard InChI is InChI=1S/C16H18F4O3/c1-11(21)6-4-2-3-5-7-15(22)23-12-8-9-14(17)13(10-12)16(18,19)20/h8-10H,2-7H2,1H3. The molecule has 0 unspecified atom stereocenters. The minimum absolute atomic E-state index is 0.0544. The van der Waals surface area contributed by atoms with Gasteiger partial charge >= 0.3 is 12.1 Å². The molecule has 0 N–H and O–H groups in total. The highest BCUT2D eigenvalue weighted by molar-refractivity contribution is 5.75. The Morgan fingerprint density at radius 1 is 1.04 bits per heavy atom. The summed E-state index contributed by atoms with van der Waals surface area (Å²) in [5.74, 6) is -2.31. The van der Waals surface area contributed by atoms with E-state index in [-0.39, 0.29) is 18.0 Å². The van der Waals surface area contributed by atoms with Gasteiger partial charge in [-0.25, -0.2) is 4.39 Å². The number of Topliss-reactive ketones (excluding diaryl/α,β-unsaturated/α-hetero) is 1. The molecule has 128 valence electrons. The molecule has 0 saturated heterocycles. The number of hydrogen-bond acceptors (Lipinski definition) is 3. The number of halogens is 4. The molecule has 0 fully saturated rings. The van der Waals surface area contributed by atoms with Gasteiger partial charge < -0.3 is 9.53 Å².